The Balaban J connectivity index is 1.71. The summed E-state index contributed by atoms with van der Waals surface area (Å²) >= 11 is 3.46. The lowest BCUT2D eigenvalue weighted by atomic mass is 9.83. The molecular weight excluding hydrogens is 424 g/mol. The fourth-order valence-electron chi connectivity index (χ4n) is 3.62. The third kappa shape index (κ3) is 4.12. The van der Waals surface area contributed by atoms with Crippen molar-refractivity contribution in [3.63, 3.8) is 0 Å². The lowest BCUT2D eigenvalue weighted by molar-refractivity contribution is 0.0522. The average Bonchev–Trinajstić information content (AvgIpc) is 2.76. The van der Waals surface area contributed by atoms with Gasteiger partial charge in [-0.05, 0) is 60.9 Å². The molecule has 0 unspecified atom stereocenters. The summed E-state index contributed by atoms with van der Waals surface area (Å²) in [5, 5.41) is 1.97. The Hall–Kier alpha value is -2.87. The van der Waals surface area contributed by atoms with Crippen LogP contribution >= 0.6 is 15.9 Å². The second kappa shape index (κ2) is 8.24. The Kier molecular flexibility index (Phi) is 5.53. The fraction of sp³-hybridized carbons (Fsp3) is 0.160. The third-order valence-corrected chi connectivity index (χ3v) is 5.78. The molecule has 0 spiro atoms. The minimum Gasteiger partial charge on any atom is -0.283 e. The molecule has 3 aromatic carbocycles. The van der Waals surface area contributed by atoms with E-state index in [0.717, 1.165) is 22.0 Å². The topological polar surface area (TPSA) is 32.3 Å². The third-order valence-electron chi connectivity index (χ3n) is 5.25. The molecule has 3 nitrogen and oxygen atoms in total. The second-order valence-corrected chi connectivity index (χ2v) is 8.11. The van der Waals surface area contributed by atoms with Gasteiger partial charge in [-0.2, -0.15) is 5.01 Å². The number of rotatable bonds is 2. The number of nitrogens with zero attached hydrogens (tertiary/aromatic N) is 1. The molecule has 4 rings (SSSR count). The van der Waals surface area contributed by atoms with Gasteiger partial charge in [-0.3, -0.25) is 10.2 Å². The molecular formula is C25H21BrN2O. The summed E-state index contributed by atoms with van der Waals surface area (Å²) in [6.45, 7) is 2.77. The molecule has 144 valence electrons. The van der Waals surface area contributed by atoms with Crippen LogP contribution in [0.1, 0.15) is 34.0 Å². The highest BCUT2D eigenvalue weighted by Crippen LogP contribution is 2.34. The fourth-order valence-corrected chi connectivity index (χ4v) is 3.89. The van der Waals surface area contributed by atoms with Crippen molar-refractivity contribution in [1.82, 2.24) is 10.4 Å². The maximum atomic E-state index is 12.8. The van der Waals surface area contributed by atoms with Crippen LogP contribution in [0.4, 0.5) is 0 Å². The predicted octanol–water partition coefficient (Wildman–Crippen LogP) is 4.92. The van der Waals surface area contributed by atoms with Crippen LogP contribution in [0.2, 0.25) is 0 Å². The zero-order valence-corrected chi connectivity index (χ0v) is 17.7. The number of amides is 1. The smallest absolute Gasteiger partial charge is 0.265 e. The number of hydrogen-bond donors (Lipinski definition) is 1. The number of hydrazine groups is 1. The summed E-state index contributed by atoms with van der Waals surface area (Å²) in [7, 11) is 0. The second-order valence-electron chi connectivity index (χ2n) is 7.19. The monoisotopic (exact) mass is 444 g/mol. The Labute approximate surface area is 179 Å². The number of hydrogen-bond acceptors (Lipinski definition) is 2. The Morgan fingerprint density at radius 2 is 1.69 bits per heavy atom. The maximum absolute atomic E-state index is 12.8. The standard InChI is InChI=1S/C25H21BrN2O/c1-25(17-15-19-11-13-22(26)14-12-19)23-10-6-5-7-20(23)16-18-28(25)27-24(29)21-8-3-2-4-9-21/h2-14H,16,18H2,1H3,(H,27,29)/t25-/m1/s1. The minimum absolute atomic E-state index is 0.123. The minimum atomic E-state index is -0.633. The Morgan fingerprint density at radius 1 is 1.00 bits per heavy atom. The normalized spacial score (nSPS) is 18.3. The molecule has 1 heterocycles. The van der Waals surface area contributed by atoms with Gasteiger partial charge in [-0.15, -0.1) is 0 Å². The summed E-state index contributed by atoms with van der Waals surface area (Å²) in [4.78, 5) is 12.8. The van der Waals surface area contributed by atoms with Gasteiger partial charge in [-0.1, -0.05) is 70.2 Å². The molecule has 3 aromatic rings. The van der Waals surface area contributed by atoms with Crippen molar-refractivity contribution in [3.05, 3.63) is 106 Å². The van der Waals surface area contributed by atoms with Gasteiger partial charge in [0.1, 0.15) is 5.54 Å². The quantitative estimate of drug-likeness (QED) is 0.568. The zero-order valence-electron chi connectivity index (χ0n) is 16.2. The predicted molar refractivity (Wildman–Crippen MR) is 119 cm³/mol. The number of halogens is 1. The molecule has 0 radical (unpaired) electrons. The Morgan fingerprint density at radius 3 is 2.45 bits per heavy atom. The van der Waals surface area contributed by atoms with Crippen LogP contribution in [0.3, 0.4) is 0 Å². The van der Waals surface area contributed by atoms with E-state index >= 15 is 0 Å². The van der Waals surface area contributed by atoms with Gasteiger partial charge < -0.3 is 0 Å². The molecule has 1 N–H and O–H groups in total. The van der Waals surface area contributed by atoms with Crippen LogP contribution < -0.4 is 5.43 Å². The van der Waals surface area contributed by atoms with Gasteiger partial charge in [0.25, 0.3) is 5.91 Å². The number of carbonyl (C=O) groups excluding carboxylic acids is 1. The van der Waals surface area contributed by atoms with E-state index in [-0.39, 0.29) is 5.91 Å². The van der Waals surface area contributed by atoms with Gasteiger partial charge in [0.2, 0.25) is 0 Å². The molecule has 1 aliphatic rings. The van der Waals surface area contributed by atoms with Crippen LogP contribution in [0.25, 0.3) is 0 Å². The molecule has 1 aliphatic heterocycles. The van der Waals surface area contributed by atoms with Crippen LogP contribution in [0, 0.1) is 11.8 Å². The summed E-state index contributed by atoms with van der Waals surface area (Å²) in [6, 6.07) is 25.5. The van der Waals surface area contributed by atoms with Crippen molar-refractivity contribution in [2.75, 3.05) is 6.54 Å². The van der Waals surface area contributed by atoms with Crippen LogP contribution in [0.15, 0.2) is 83.3 Å². The van der Waals surface area contributed by atoms with Crippen molar-refractivity contribution >= 4 is 21.8 Å². The van der Waals surface area contributed by atoms with E-state index in [4.69, 9.17) is 0 Å². The van der Waals surface area contributed by atoms with Crippen LogP contribution in [-0.4, -0.2) is 17.5 Å². The molecule has 0 fully saturated rings. The first-order chi connectivity index (χ1) is 14.1. The number of fused-ring (bicyclic) bond motifs is 1. The molecule has 29 heavy (non-hydrogen) atoms. The van der Waals surface area contributed by atoms with Gasteiger partial charge in [0, 0.05) is 22.1 Å². The van der Waals surface area contributed by atoms with Crippen molar-refractivity contribution < 1.29 is 4.79 Å². The van der Waals surface area contributed by atoms with E-state index in [0.29, 0.717) is 12.1 Å². The highest BCUT2D eigenvalue weighted by molar-refractivity contribution is 9.10. The summed E-state index contributed by atoms with van der Waals surface area (Å²) in [5.74, 6) is 6.62. The molecule has 0 aromatic heterocycles. The van der Waals surface area contributed by atoms with E-state index < -0.39 is 5.54 Å². The van der Waals surface area contributed by atoms with Crippen molar-refractivity contribution in [1.29, 1.82) is 0 Å². The molecule has 1 amide bonds. The first-order valence-electron chi connectivity index (χ1n) is 9.57. The molecule has 1 atom stereocenters. The van der Waals surface area contributed by atoms with E-state index in [1.807, 2.05) is 65.7 Å². The van der Waals surface area contributed by atoms with Crippen LogP contribution in [-0.2, 0) is 12.0 Å². The molecule has 0 aliphatic carbocycles. The van der Waals surface area contributed by atoms with Crippen molar-refractivity contribution in [2.45, 2.75) is 18.9 Å². The van der Waals surface area contributed by atoms with Crippen molar-refractivity contribution in [3.8, 4) is 11.8 Å². The van der Waals surface area contributed by atoms with Gasteiger partial charge in [0.05, 0.1) is 0 Å². The van der Waals surface area contributed by atoms with E-state index in [9.17, 15) is 4.79 Å². The highest BCUT2D eigenvalue weighted by atomic mass is 79.9. The number of nitrogens with one attached hydrogen (secondary N) is 1. The summed E-state index contributed by atoms with van der Waals surface area (Å²) in [5.41, 5.74) is 6.43. The SMILES string of the molecule is C[C@@]1(C#Cc2ccc(Br)cc2)c2ccccc2CCN1NC(=O)c1ccccc1. The van der Waals surface area contributed by atoms with E-state index in [2.05, 4.69) is 58.3 Å². The molecule has 0 saturated heterocycles. The van der Waals surface area contributed by atoms with Crippen molar-refractivity contribution in [2.24, 2.45) is 0 Å². The zero-order chi connectivity index (χ0) is 20.3. The lowest BCUT2D eigenvalue weighted by Gasteiger charge is -2.42. The van der Waals surface area contributed by atoms with E-state index in [1.54, 1.807) is 0 Å². The van der Waals surface area contributed by atoms with E-state index in [1.165, 1.54) is 5.56 Å². The molecule has 0 bridgehead atoms. The van der Waals surface area contributed by atoms with Gasteiger partial charge >= 0.3 is 0 Å². The number of benzene rings is 3. The molecule has 0 saturated carbocycles. The maximum Gasteiger partial charge on any atom is 0.265 e. The highest BCUT2D eigenvalue weighted by Gasteiger charge is 2.38. The lowest BCUT2D eigenvalue weighted by Crippen LogP contribution is -2.56. The number of carbonyl (C=O) groups is 1. The van der Waals surface area contributed by atoms with Gasteiger partial charge in [-0.25, -0.2) is 0 Å². The summed E-state index contributed by atoms with van der Waals surface area (Å²) < 4.78 is 1.02. The van der Waals surface area contributed by atoms with Gasteiger partial charge in [0.15, 0.2) is 0 Å². The Bertz CT molecular complexity index is 1080. The largest absolute Gasteiger partial charge is 0.283 e. The summed E-state index contributed by atoms with van der Waals surface area (Å²) in [6.07, 6.45) is 0.862. The first-order valence-corrected chi connectivity index (χ1v) is 10.4. The van der Waals surface area contributed by atoms with Crippen LogP contribution in [0.5, 0.6) is 0 Å². The first kappa shape index (κ1) is 19.4. The average molecular weight is 445 g/mol. The molecule has 4 heteroatoms.